The van der Waals surface area contributed by atoms with E-state index in [4.69, 9.17) is 4.74 Å². The van der Waals surface area contributed by atoms with E-state index >= 15 is 0 Å². The second kappa shape index (κ2) is 7.56. The van der Waals surface area contributed by atoms with Crippen LogP contribution in [0.5, 0.6) is 5.75 Å². The minimum atomic E-state index is -0.228. The number of hydrogen-bond donors (Lipinski definition) is 1. The van der Waals surface area contributed by atoms with Crippen molar-refractivity contribution in [3.05, 3.63) is 30.1 Å². The zero-order valence-corrected chi connectivity index (χ0v) is 11.4. The highest BCUT2D eigenvalue weighted by Gasteiger charge is 2.14. The lowest BCUT2D eigenvalue weighted by molar-refractivity contribution is 0.170. The monoisotopic (exact) mass is 274 g/mol. The molecule has 1 unspecified atom stereocenters. The third kappa shape index (κ3) is 4.80. The fourth-order valence-corrected chi connectivity index (χ4v) is 2.04. The lowest BCUT2D eigenvalue weighted by Crippen LogP contribution is -2.50. The highest BCUT2D eigenvalue weighted by molar-refractivity contribution is 5.85. The molecule has 18 heavy (non-hydrogen) atoms. The summed E-state index contributed by atoms with van der Waals surface area (Å²) in [6.07, 6.45) is 0. The van der Waals surface area contributed by atoms with Crippen molar-refractivity contribution in [1.82, 2.24) is 10.2 Å². The fraction of sp³-hybridized carbons (Fsp3) is 0.538. The first-order chi connectivity index (χ1) is 8.24. The average Bonchev–Trinajstić information content (AvgIpc) is 2.32. The number of ether oxygens (including phenoxy) is 1. The molecule has 5 heteroatoms. The lowest BCUT2D eigenvalue weighted by Gasteiger charge is -2.31. The molecule has 1 N–H and O–H groups in total. The van der Waals surface area contributed by atoms with Gasteiger partial charge < -0.3 is 10.1 Å². The number of piperazine rings is 1. The number of benzene rings is 1. The average molecular weight is 275 g/mol. The van der Waals surface area contributed by atoms with E-state index in [1.165, 1.54) is 12.1 Å². The van der Waals surface area contributed by atoms with Gasteiger partial charge in [0.2, 0.25) is 0 Å². The molecule has 0 bridgehead atoms. The summed E-state index contributed by atoms with van der Waals surface area (Å²) in [4.78, 5) is 2.38. The summed E-state index contributed by atoms with van der Waals surface area (Å²) in [5.41, 5.74) is 0. The smallest absolute Gasteiger partial charge is 0.123 e. The molecule has 1 saturated heterocycles. The van der Waals surface area contributed by atoms with Gasteiger partial charge in [0, 0.05) is 32.2 Å². The summed E-state index contributed by atoms with van der Waals surface area (Å²) in [5.74, 6) is 0.503. The summed E-state index contributed by atoms with van der Waals surface area (Å²) >= 11 is 0. The molecule has 3 nitrogen and oxygen atoms in total. The molecule has 102 valence electrons. The van der Waals surface area contributed by atoms with Crippen LogP contribution >= 0.6 is 12.4 Å². The van der Waals surface area contributed by atoms with Crippen LogP contribution in [0.15, 0.2) is 24.3 Å². The molecule has 0 spiro atoms. The van der Waals surface area contributed by atoms with Crippen molar-refractivity contribution in [2.24, 2.45) is 0 Å². The molecule has 1 aliphatic heterocycles. The molecule has 1 fully saturated rings. The molecule has 0 aliphatic carbocycles. The molecule has 0 saturated carbocycles. The van der Waals surface area contributed by atoms with Crippen LogP contribution in [-0.2, 0) is 0 Å². The maximum Gasteiger partial charge on any atom is 0.123 e. The number of nitrogens with zero attached hydrogens (tertiary/aromatic N) is 1. The molecule has 1 aliphatic rings. The predicted molar refractivity (Wildman–Crippen MR) is 73.0 cm³/mol. The molecule has 2 rings (SSSR count). The summed E-state index contributed by atoms with van der Waals surface area (Å²) in [5, 5.41) is 3.40. The van der Waals surface area contributed by atoms with Gasteiger partial charge in [-0.05, 0) is 31.2 Å². The first-order valence-corrected chi connectivity index (χ1v) is 6.08. The largest absolute Gasteiger partial charge is 0.492 e. The van der Waals surface area contributed by atoms with E-state index in [9.17, 15) is 4.39 Å². The van der Waals surface area contributed by atoms with E-state index in [-0.39, 0.29) is 18.2 Å². The molecular formula is C13H20ClFN2O. The quantitative estimate of drug-likeness (QED) is 0.908. The highest BCUT2D eigenvalue weighted by Crippen LogP contribution is 2.11. The molecule has 0 amide bonds. The van der Waals surface area contributed by atoms with Gasteiger partial charge in [-0.2, -0.15) is 0 Å². The van der Waals surface area contributed by atoms with Crippen molar-refractivity contribution >= 4 is 12.4 Å². The maximum absolute atomic E-state index is 12.7. The van der Waals surface area contributed by atoms with Gasteiger partial charge >= 0.3 is 0 Å². The summed E-state index contributed by atoms with van der Waals surface area (Å²) in [6.45, 7) is 6.93. The summed E-state index contributed by atoms with van der Waals surface area (Å²) < 4.78 is 18.2. The number of hydrogen-bond acceptors (Lipinski definition) is 3. The van der Waals surface area contributed by atoms with Crippen LogP contribution in [0.4, 0.5) is 4.39 Å². The topological polar surface area (TPSA) is 24.5 Å². The first kappa shape index (κ1) is 15.2. The Kier molecular flexibility index (Phi) is 6.39. The molecule has 1 aromatic carbocycles. The minimum Gasteiger partial charge on any atom is -0.492 e. The van der Waals surface area contributed by atoms with Crippen molar-refractivity contribution < 1.29 is 9.13 Å². The standard InChI is InChI=1S/C13H19FN2O.ClH/c1-11-10-16(7-6-15-11)8-9-17-13-4-2-12(14)3-5-13;/h2-5,11,15H,6-10H2,1H3;1H. The normalized spacial score (nSPS) is 20.2. The zero-order valence-electron chi connectivity index (χ0n) is 10.6. The van der Waals surface area contributed by atoms with E-state index in [1.807, 2.05) is 0 Å². The summed E-state index contributed by atoms with van der Waals surface area (Å²) in [7, 11) is 0. The molecule has 1 heterocycles. The van der Waals surface area contributed by atoms with E-state index in [2.05, 4.69) is 17.1 Å². The Bertz CT molecular complexity index is 347. The Morgan fingerprint density at radius 3 is 2.78 bits per heavy atom. The minimum absolute atomic E-state index is 0. The molecule has 1 aromatic rings. The van der Waals surface area contributed by atoms with Crippen molar-refractivity contribution in [3.63, 3.8) is 0 Å². The molecule has 0 radical (unpaired) electrons. The number of nitrogens with one attached hydrogen (secondary N) is 1. The third-order valence-electron chi connectivity index (χ3n) is 2.94. The second-order valence-corrected chi connectivity index (χ2v) is 4.46. The van der Waals surface area contributed by atoms with Gasteiger partial charge in [-0.15, -0.1) is 12.4 Å². The van der Waals surface area contributed by atoms with Crippen LogP contribution in [0.25, 0.3) is 0 Å². The van der Waals surface area contributed by atoms with Gasteiger partial charge in [0.1, 0.15) is 18.2 Å². The molecular weight excluding hydrogens is 255 g/mol. The van der Waals surface area contributed by atoms with Gasteiger partial charge in [-0.1, -0.05) is 0 Å². The van der Waals surface area contributed by atoms with Crippen molar-refractivity contribution in [2.75, 3.05) is 32.8 Å². The van der Waals surface area contributed by atoms with Gasteiger partial charge in [-0.25, -0.2) is 4.39 Å². The third-order valence-corrected chi connectivity index (χ3v) is 2.94. The van der Waals surface area contributed by atoms with Crippen LogP contribution in [-0.4, -0.2) is 43.7 Å². The highest BCUT2D eigenvalue weighted by atomic mass is 35.5. The zero-order chi connectivity index (χ0) is 12.1. The molecule has 0 aromatic heterocycles. The SMILES string of the molecule is CC1CN(CCOc2ccc(F)cc2)CCN1.Cl. The van der Waals surface area contributed by atoms with Crippen LogP contribution in [0, 0.1) is 5.82 Å². The Morgan fingerprint density at radius 2 is 2.11 bits per heavy atom. The van der Waals surface area contributed by atoms with Crippen molar-refractivity contribution in [2.45, 2.75) is 13.0 Å². The maximum atomic E-state index is 12.7. The first-order valence-electron chi connectivity index (χ1n) is 6.08. The van der Waals surface area contributed by atoms with Crippen molar-refractivity contribution in [3.8, 4) is 5.75 Å². The molecule has 1 atom stereocenters. The Hall–Kier alpha value is -0.840. The van der Waals surface area contributed by atoms with Crippen molar-refractivity contribution in [1.29, 1.82) is 0 Å². The van der Waals surface area contributed by atoms with Gasteiger partial charge in [0.15, 0.2) is 0 Å². The number of rotatable bonds is 4. The van der Waals surface area contributed by atoms with E-state index < -0.39 is 0 Å². The Morgan fingerprint density at radius 1 is 1.39 bits per heavy atom. The number of halogens is 2. The fourth-order valence-electron chi connectivity index (χ4n) is 2.04. The lowest BCUT2D eigenvalue weighted by atomic mass is 10.2. The van der Waals surface area contributed by atoms with Crippen LogP contribution < -0.4 is 10.1 Å². The second-order valence-electron chi connectivity index (χ2n) is 4.46. The summed E-state index contributed by atoms with van der Waals surface area (Å²) in [6, 6.07) is 6.71. The van der Waals surface area contributed by atoms with Crippen LogP contribution in [0.1, 0.15) is 6.92 Å². The Labute approximate surface area is 114 Å². The van der Waals surface area contributed by atoms with Gasteiger partial charge in [0.25, 0.3) is 0 Å². The Balaban J connectivity index is 0.00000162. The van der Waals surface area contributed by atoms with Gasteiger partial charge in [0.05, 0.1) is 0 Å². The van der Waals surface area contributed by atoms with Crippen LogP contribution in [0.2, 0.25) is 0 Å². The van der Waals surface area contributed by atoms with E-state index in [0.29, 0.717) is 12.6 Å². The van der Waals surface area contributed by atoms with E-state index in [0.717, 1.165) is 31.9 Å². The van der Waals surface area contributed by atoms with Crippen LogP contribution in [0.3, 0.4) is 0 Å². The predicted octanol–water partition coefficient (Wildman–Crippen LogP) is 1.92. The van der Waals surface area contributed by atoms with E-state index in [1.54, 1.807) is 12.1 Å². The van der Waals surface area contributed by atoms with Gasteiger partial charge in [-0.3, -0.25) is 4.90 Å².